The third-order valence-electron chi connectivity index (χ3n) is 3.49. The minimum Gasteiger partial charge on any atom is -0.309 e. The lowest BCUT2D eigenvalue weighted by molar-refractivity contribution is 0.477. The van der Waals surface area contributed by atoms with Gasteiger partial charge >= 0.3 is 0 Å². The number of hydrogen-bond acceptors (Lipinski definition) is 2. The molecular formula is C15H21ClFNS. The van der Waals surface area contributed by atoms with E-state index in [2.05, 4.69) is 12.2 Å². The second-order valence-electron chi connectivity index (χ2n) is 5.00. The molecule has 106 valence electrons. The lowest BCUT2D eigenvalue weighted by Crippen LogP contribution is -2.32. The van der Waals surface area contributed by atoms with E-state index in [4.69, 9.17) is 11.6 Å². The third-order valence-corrected chi connectivity index (χ3v) is 5.30. The van der Waals surface area contributed by atoms with Crippen molar-refractivity contribution in [2.45, 2.75) is 43.9 Å². The van der Waals surface area contributed by atoms with Crippen molar-refractivity contribution in [2.24, 2.45) is 0 Å². The van der Waals surface area contributed by atoms with Crippen LogP contribution in [0.25, 0.3) is 0 Å². The first-order valence-electron chi connectivity index (χ1n) is 7.02. The summed E-state index contributed by atoms with van der Waals surface area (Å²) < 4.78 is 13.5. The fourth-order valence-electron chi connectivity index (χ4n) is 2.52. The van der Waals surface area contributed by atoms with E-state index in [0.29, 0.717) is 10.3 Å². The van der Waals surface area contributed by atoms with Crippen molar-refractivity contribution in [3.63, 3.8) is 0 Å². The highest BCUT2D eigenvalue weighted by Gasteiger charge is 2.27. The number of nitrogens with one attached hydrogen (secondary N) is 1. The average Bonchev–Trinajstić information content (AvgIpc) is 2.44. The smallest absolute Gasteiger partial charge is 0.123 e. The van der Waals surface area contributed by atoms with Gasteiger partial charge in [0.15, 0.2) is 0 Å². The van der Waals surface area contributed by atoms with Crippen molar-refractivity contribution < 1.29 is 4.39 Å². The quantitative estimate of drug-likeness (QED) is 0.838. The van der Waals surface area contributed by atoms with Crippen LogP contribution in [-0.4, -0.2) is 17.5 Å². The molecule has 19 heavy (non-hydrogen) atoms. The molecule has 2 unspecified atom stereocenters. The minimum atomic E-state index is -0.205. The van der Waals surface area contributed by atoms with Gasteiger partial charge in [-0.1, -0.05) is 24.9 Å². The molecule has 1 aromatic rings. The highest BCUT2D eigenvalue weighted by Crippen LogP contribution is 2.37. The van der Waals surface area contributed by atoms with Gasteiger partial charge in [0.25, 0.3) is 0 Å². The van der Waals surface area contributed by atoms with Gasteiger partial charge in [0.1, 0.15) is 5.82 Å². The molecule has 1 nitrogen and oxygen atoms in total. The van der Waals surface area contributed by atoms with E-state index in [-0.39, 0.29) is 11.9 Å². The van der Waals surface area contributed by atoms with E-state index in [1.54, 1.807) is 12.1 Å². The van der Waals surface area contributed by atoms with Gasteiger partial charge in [0.05, 0.1) is 0 Å². The Kier molecular flexibility index (Phi) is 5.99. The molecule has 1 heterocycles. The van der Waals surface area contributed by atoms with E-state index < -0.39 is 0 Å². The first kappa shape index (κ1) is 15.1. The molecule has 0 aromatic heterocycles. The first-order valence-corrected chi connectivity index (χ1v) is 8.45. The Morgan fingerprint density at radius 3 is 3.00 bits per heavy atom. The zero-order chi connectivity index (χ0) is 13.7. The van der Waals surface area contributed by atoms with Crippen LogP contribution in [0, 0.1) is 5.82 Å². The molecule has 0 bridgehead atoms. The number of halogens is 2. The molecule has 0 radical (unpaired) electrons. The fourth-order valence-corrected chi connectivity index (χ4v) is 4.20. The van der Waals surface area contributed by atoms with Gasteiger partial charge in [-0.05, 0) is 55.3 Å². The van der Waals surface area contributed by atoms with Crippen LogP contribution in [0.15, 0.2) is 18.2 Å². The fraction of sp³-hybridized carbons (Fsp3) is 0.600. The molecule has 2 atom stereocenters. The number of hydrogen-bond donors (Lipinski definition) is 1. The second-order valence-corrected chi connectivity index (χ2v) is 6.76. The average molecular weight is 302 g/mol. The summed E-state index contributed by atoms with van der Waals surface area (Å²) in [5, 5.41) is 4.72. The zero-order valence-electron chi connectivity index (χ0n) is 11.3. The van der Waals surface area contributed by atoms with Crippen LogP contribution < -0.4 is 5.32 Å². The highest BCUT2D eigenvalue weighted by atomic mass is 35.5. The summed E-state index contributed by atoms with van der Waals surface area (Å²) in [4.78, 5) is 0. The molecule has 0 aliphatic carbocycles. The van der Waals surface area contributed by atoms with E-state index in [9.17, 15) is 4.39 Å². The van der Waals surface area contributed by atoms with Crippen LogP contribution >= 0.6 is 23.4 Å². The lowest BCUT2D eigenvalue weighted by atomic mass is 9.99. The van der Waals surface area contributed by atoms with Gasteiger partial charge in [-0.25, -0.2) is 4.39 Å². The number of thioether (sulfide) groups is 1. The van der Waals surface area contributed by atoms with Crippen LogP contribution in [0.2, 0.25) is 5.02 Å². The molecule has 4 heteroatoms. The third kappa shape index (κ3) is 4.11. The molecule has 0 amide bonds. The van der Waals surface area contributed by atoms with Crippen molar-refractivity contribution in [3.8, 4) is 0 Å². The molecule has 0 saturated carbocycles. The van der Waals surface area contributed by atoms with Gasteiger partial charge in [-0.15, -0.1) is 0 Å². The van der Waals surface area contributed by atoms with E-state index >= 15 is 0 Å². The standard InChI is InChI=1S/C15H21ClFNS/c1-2-8-18-15(14-5-3-4-9-19-14)12-10-11(17)6-7-13(12)16/h6-7,10,14-15,18H,2-5,8-9H2,1H3. The van der Waals surface area contributed by atoms with Crippen molar-refractivity contribution in [3.05, 3.63) is 34.6 Å². The van der Waals surface area contributed by atoms with E-state index in [1.165, 1.54) is 31.1 Å². The largest absolute Gasteiger partial charge is 0.309 e. The Labute approximate surface area is 124 Å². The maximum atomic E-state index is 13.5. The molecule has 0 spiro atoms. The first-order chi connectivity index (χ1) is 9.22. The monoisotopic (exact) mass is 301 g/mol. The Morgan fingerprint density at radius 1 is 1.47 bits per heavy atom. The molecule has 1 N–H and O–H groups in total. The summed E-state index contributed by atoms with van der Waals surface area (Å²) in [7, 11) is 0. The van der Waals surface area contributed by atoms with Crippen molar-refractivity contribution >= 4 is 23.4 Å². The number of benzene rings is 1. The van der Waals surface area contributed by atoms with Gasteiger partial charge in [0.2, 0.25) is 0 Å². The van der Waals surface area contributed by atoms with E-state index in [1.807, 2.05) is 11.8 Å². The van der Waals surface area contributed by atoms with Crippen LogP contribution in [0.4, 0.5) is 4.39 Å². The maximum Gasteiger partial charge on any atom is 0.123 e. The molecule has 1 aromatic carbocycles. The van der Waals surface area contributed by atoms with Crippen LogP contribution in [0.1, 0.15) is 44.2 Å². The van der Waals surface area contributed by atoms with Crippen molar-refractivity contribution in [2.75, 3.05) is 12.3 Å². The SMILES string of the molecule is CCCNC(c1cc(F)ccc1Cl)C1CCCCS1. The molecule has 1 fully saturated rings. The Bertz CT molecular complexity index is 407. The number of rotatable bonds is 5. The molecule has 1 aliphatic rings. The lowest BCUT2D eigenvalue weighted by Gasteiger charge is -2.31. The van der Waals surface area contributed by atoms with Crippen molar-refractivity contribution in [1.82, 2.24) is 5.32 Å². The molecule has 1 saturated heterocycles. The van der Waals surface area contributed by atoms with Crippen LogP contribution in [0.5, 0.6) is 0 Å². The molecular weight excluding hydrogens is 281 g/mol. The van der Waals surface area contributed by atoms with Crippen LogP contribution in [0.3, 0.4) is 0 Å². The Balaban J connectivity index is 2.22. The Morgan fingerprint density at radius 2 is 2.32 bits per heavy atom. The summed E-state index contributed by atoms with van der Waals surface area (Å²) in [6.45, 7) is 3.08. The Hall–Kier alpha value is -0.250. The van der Waals surface area contributed by atoms with Gasteiger partial charge in [-0.3, -0.25) is 0 Å². The summed E-state index contributed by atoms with van der Waals surface area (Å²) in [6.07, 6.45) is 4.80. The summed E-state index contributed by atoms with van der Waals surface area (Å²) in [6, 6.07) is 4.84. The van der Waals surface area contributed by atoms with Crippen molar-refractivity contribution in [1.29, 1.82) is 0 Å². The summed E-state index contributed by atoms with van der Waals surface area (Å²) >= 11 is 8.26. The van der Waals surface area contributed by atoms with Gasteiger partial charge < -0.3 is 5.32 Å². The van der Waals surface area contributed by atoms with E-state index in [0.717, 1.165) is 18.5 Å². The molecule has 2 rings (SSSR count). The zero-order valence-corrected chi connectivity index (χ0v) is 12.9. The highest BCUT2D eigenvalue weighted by molar-refractivity contribution is 8.00. The second kappa shape index (κ2) is 7.51. The van der Waals surface area contributed by atoms with Gasteiger partial charge in [0, 0.05) is 16.3 Å². The maximum absolute atomic E-state index is 13.5. The predicted octanol–water partition coefficient (Wildman–Crippen LogP) is 4.81. The molecule has 1 aliphatic heterocycles. The van der Waals surface area contributed by atoms with Crippen LogP contribution in [-0.2, 0) is 0 Å². The predicted molar refractivity (Wildman–Crippen MR) is 82.5 cm³/mol. The van der Waals surface area contributed by atoms with Gasteiger partial charge in [-0.2, -0.15) is 11.8 Å². The summed E-state index contributed by atoms with van der Waals surface area (Å²) in [5.74, 6) is 0.991. The topological polar surface area (TPSA) is 12.0 Å². The normalized spacial score (nSPS) is 21.3. The summed E-state index contributed by atoms with van der Waals surface area (Å²) in [5.41, 5.74) is 0.912. The minimum absolute atomic E-state index is 0.161.